The van der Waals surface area contributed by atoms with Crippen LogP contribution in [0.1, 0.15) is 16.7 Å². The number of hydrogen-bond acceptors (Lipinski definition) is 4. The SMILES string of the molecule is Cc1ccc(Nc2cccc3c2CCNC3)cc1[N+](=O)[O-]. The first kappa shape index (κ1) is 13.6. The van der Waals surface area contributed by atoms with Gasteiger partial charge < -0.3 is 10.6 Å². The van der Waals surface area contributed by atoms with Crippen LogP contribution in [0.2, 0.25) is 0 Å². The van der Waals surface area contributed by atoms with Crippen LogP contribution < -0.4 is 10.6 Å². The third-order valence-corrected chi connectivity index (χ3v) is 3.83. The first-order chi connectivity index (χ1) is 10.1. The zero-order chi connectivity index (χ0) is 14.8. The average molecular weight is 283 g/mol. The fourth-order valence-corrected chi connectivity index (χ4v) is 2.69. The quantitative estimate of drug-likeness (QED) is 0.670. The van der Waals surface area contributed by atoms with Crippen LogP contribution in [-0.2, 0) is 13.0 Å². The van der Waals surface area contributed by atoms with E-state index in [0.29, 0.717) is 5.56 Å². The standard InChI is InChI=1S/C16H17N3O2/c1-11-5-6-13(9-16(11)19(20)21)18-15-4-2-3-12-10-17-8-7-14(12)15/h2-6,9,17-18H,7-8,10H2,1H3. The van der Waals surface area contributed by atoms with E-state index in [0.717, 1.165) is 30.9 Å². The molecular weight excluding hydrogens is 266 g/mol. The van der Waals surface area contributed by atoms with Crippen molar-refractivity contribution in [2.75, 3.05) is 11.9 Å². The minimum Gasteiger partial charge on any atom is -0.355 e. The second-order valence-electron chi connectivity index (χ2n) is 5.25. The molecule has 0 aromatic heterocycles. The van der Waals surface area contributed by atoms with Gasteiger partial charge in [-0.05, 0) is 43.1 Å². The number of nitro benzene ring substituents is 1. The third-order valence-electron chi connectivity index (χ3n) is 3.83. The number of nitro groups is 1. The summed E-state index contributed by atoms with van der Waals surface area (Å²) in [5, 5.41) is 17.7. The minimum atomic E-state index is -0.342. The maximum absolute atomic E-state index is 11.0. The second-order valence-corrected chi connectivity index (χ2v) is 5.25. The predicted octanol–water partition coefficient (Wildman–Crippen LogP) is 3.29. The highest BCUT2D eigenvalue weighted by Gasteiger charge is 2.14. The summed E-state index contributed by atoms with van der Waals surface area (Å²) in [6.07, 6.45) is 0.965. The first-order valence-corrected chi connectivity index (χ1v) is 6.99. The van der Waals surface area contributed by atoms with E-state index in [1.807, 2.05) is 18.2 Å². The van der Waals surface area contributed by atoms with Crippen LogP contribution in [0, 0.1) is 17.0 Å². The normalized spacial score (nSPS) is 13.6. The maximum Gasteiger partial charge on any atom is 0.274 e. The lowest BCUT2D eigenvalue weighted by atomic mass is 9.99. The molecule has 5 heteroatoms. The van der Waals surface area contributed by atoms with Gasteiger partial charge in [-0.25, -0.2) is 0 Å². The van der Waals surface area contributed by atoms with Gasteiger partial charge in [-0.1, -0.05) is 18.2 Å². The molecule has 2 aromatic carbocycles. The lowest BCUT2D eigenvalue weighted by molar-refractivity contribution is -0.385. The van der Waals surface area contributed by atoms with Crippen LogP contribution in [-0.4, -0.2) is 11.5 Å². The fraction of sp³-hybridized carbons (Fsp3) is 0.250. The van der Waals surface area contributed by atoms with Crippen molar-refractivity contribution in [3.05, 3.63) is 63.2 Å². The number of benzene rings is 2. The molecule has 1 aliphatic heterocycles. The van der Waals surface area contributed by atoms with Crippen molar-refractivity contribution in [2.45, 2.75) is 19.9 Å². The first-order valence-electron chi connectivity index (χ1n) is 6.99. The van der Waals surface area contributed by atoms with Crippen LogP contribution in [0.15, 0.2) is 36.4 Å². The van der Waals surface area contributed by atoms with Crippen molar-refractivity contribution >= 4 is 17.1 Å². The van der Waals surface area contributed by atoms with Gasteiger partial charge in [-0.15, -0.1) is 0 Å². The summed E-state index contributed by atoms with van der Waals surface area (Å²) < 4.78 is 0. The molecule has 0 fully saturated rings. The fourth-order valence-electron chi connectivity index (χ4n) is 2.69. The molecule has 0 unspecified atom stereocenters. The van der Waals surface area contributed by atoms with Crippen molar-refractivity contribution in [1.82, 2.24) is 5.32 Å². The van der Waals surface area contributed by atoms with Crippen molar-refractivity contribution in [3.63, 3.8) is 0 Å². The molecule has 108 valence electrons. The highest BCUT2D eigenvalue weighted by atomic mass is 16.6. The molecule has 0 atom stereocenters. The predicted molar refractivity (Wildman–Crippen MR) is 83.0 cm³/mol. The summed E-state index contributed by atoms with van der Waals surface area (Å²) in [4.78, 5) is 10.7. The Balaban J connectivity index is 1.94. The maximum atomic E-state index is 11.0. The number of aryl methyl sites for hydroxylation is 1. The topological polar surface area (TPSA) is 67.2 Å². The Kier molecular flexibility index (Phi) is 3.58. The van der Waals surface area contributed by atoms with Crippen molar-refractivity contribution in [1.29, 1.82) is 0 Å². The van der Waals surface area contributed by atoms with Gasteiger partial charge in [-0.3, -0.25) is 10.1 Å². The average Bonchev–Trinajstić information content (AvgIpc) is 2.49. The molecule has 1 heterocycles. The summed E-state index contributed by atoms with van der Waals surface area (Å²) in [7, 11) is 0. The molecule has 0 amide bonds. The molecule has 3 rings (SSSR count). The number of nitrogens with zero attached hydrogens (tertiary/aromatic N) is 1. The monoisotopic (exact) mass is 283 g/mol. The Hall–Kier alpha value is -2.40. The largest absolute Gasteiger partial charge is 0.355 e. The molecule has 2 N–H and O–H groups in total. The zero-order valence-electron chi connectivity index (χ0n) is 11.8. The van der Waals surface area contributed by atoms with E-state index < -0.39 is 0 Å². The Bertz CT molecular complexity index is 698. The van der Waals surface area contributed by atoms with Crippen LogP contribution in [0.4, 0.5) is 17.1 Å². The second kappa shape index (κ2) is 5.54. The van der Waals surface area contributed by atoms with Crippen LogP contribution in [0.5, 0.6) is 0 Å². The summed E-state index contributed by atoms with van der Waals surface area (Å²) in [6, 6.07) is 11.4. The highest BCUT2D eigenvalue weighted by molar-refractivity contribution is 5.67. The van der Waals surface area contributed by atoms with Gasteiger partial charge in [0.2, 0.25) is 0 Å². The molecule has 0 saturated heterocycles. The van der Waals surface area contributed by atoms with E-state index in [4.69, 9.17) is 0 Å². The van der Waals surface area contributed by atoms with E-state index in [9.17, 15) is 10.1 Å². The van der Waals surface area contributed by atoms with Gasteiger partial charge in [-0.2, -0.15) is 0 Å². The molecule has 0 saturated carbocycles. The number of rotatable bonds is 3. The molecule has 21 heavy (non-hydrogen) atoms. The number of anilines is 2. The Labute approximate surface area is 123 Å². The van der Waals surface area contributed by atoms with Crippen LogP contribution >= 0.6 is 0 Å². The van der Waals surface area contributed by atoms with Gasteiger partial charge in [0.1, 0.15) is 0 Å². The third kappa shape index (κ3) is 2.73. The van der Waals surface area contributed by atoms with E-state index in [1.54, 1.807) is 19.1 Å². The van der Waals surface area contributed by atoms with Crippen LogP contribution in [0.25, 0.3) is 0 Å². The molecule has 0 aliphatic carbocycles. The van der Waals surface area contributed by atoms with Gasteiger partial charge >= 0.3 is 0 Å². The lowest BCUT2D eigenvalue weighted by Gasteiger charge is -2.21. The summed E-state index contributed by atoms with van der Waals surface area (Å²) in [5.41, 5.74) is 5.18. The molecule has 0 bridgehead atoms. The molecule has 1 aliphatic rings. The van der Waals surface area contributed by atoms with Crippen molar-refractivity contribution in [3.8, 4) is 0 Å². The van der Waals surface area contributed by atoms with E-state index in [-0.39, 0.29) is 10.6 Å². The van der Waals surface area contributed by atoms with Gasteiger partial charge in [0.05, 0.1) is 4.92 Å². The molecule has 2 aromatic rings. The van der Waals surface area contributed by atoms with E-state index >= 15 is 0 Å². The van der Waals surface area contributed by atoms with E-state index in [2.05, 4.69) is 16.7 Å². The Morgan fingerprint density at radius 2 is 2.14 bits per heavy atom. The summed E-state index contributed by atoms with van der Waals surface area (Å²) in [5.74, 6) is 0. The van der Waals surface area contributed by atoms with Gasteiger partial charge in [0.15, 0.2) is 0 Å². The molecule has 0 radical (unpaired) electrons. The lowest BCUT2D eigenvalue weighted by Crippen LogP contribution is -2.24. The highest BCUT2D eigenvalue weighted by Crippen LogP contribution is 2.29. The van der Waals surface area contributed by atoms with Crippen LogP contribution in [0.3, 0.4) is 0 Å². The number of nitrogens with one attached hydrogen (secondary N) is 2. The molecule has 0 spiro atoms. The Morgan fingerprint density at radius 1 is 1.29 bits per heavy atom. The smallest absolute Gasteiger partial charge is 0.274 e. The van der Waals surface area contributed by atoms with E-state index in [1.165, 1.54) is 11.1 Å². The summed E-state index contributed by atoms with van der Waals surface area (Å²) >= 11 is 0. The minimum absolute atomic E-state index is 0.145. The van der Waals surface area contributed by atoms with Crippen molar-refractivity contribution in [2.24, 2.45) is 0 Å². The Morgan fingerprint density at radius 3 is 2.95 bits per heavy atom. The number of fused-ring (bicyclic) bond motifs is 1. The van der Waals surface area contributed by atoms with Gasteiger partial charge in [0, 0.05) is 29.5 Å². The summed E-state index contributed by atoms with van der Waals surface area (Å²) in [6.45, 7) is 3.58. The zero-order valence-corrected chi connectivity index (χ0v) is 11.8. The molecular formula is C16H17N3O2. The van der Waals surface area contributed by atoms with Gasteiger partial charge in [0.25, 0.3) is 5.69 Å². The van der Waals surface area contributed by atoms with Crippen molar-refractivity contribution < 1.29 is 4.92 Å². The number of hydrogen-bond donors (Lipinski definition) is 2. The molecule has 5 nitrogen and oxygen atoms in total.